The number of aryl methyl sites for hydroxylation is 1. The third-order valence-electron chi connectivity index (χ3n) is 3.46. The first kappa shape index (κ1) is 11.4. The highest BCUT2D eigenvalue weighted by Crippen LogP contribution is 2.27. The molecule has 0 bridgehead atoms. The van der Waals surface area contributed by atoms with Crippen molar-refractivity contribution < 1.29 is 0 Å². The predicted octanol–water partition coefficient (Wildman–Crippen LogP) is 1.95. The zero-order valence-corrected chi connectivity index (χ0v) is 10.2. The van der Waals surface area contributed by atoms with Crippen molar-refractivity contribution in [1.82, 2.24) is 4.98 Å². The molecule has 3 nitrogen and oxygen atoms in total. The average molecular weight is 219 g/mol. The number of hydrogen-bond acceptors (Lipinski definition) is 3. The van der Waals surface area contributed by atoms with Gasteiger partial charge in [0.2, 0.25) is 0 Å². The molecule has 0 saturated carbocycles. The molecule has 0 aromatic carbocycles. The van der Waals surface area contributed by atoms with Crippen molar-refractivity contribution in [2.45, 2.75) is 32.7 Å². The maximum Gasteiger partial charge on any atom is 0.0414 e. The van der Waals surface area contributed by atoms with Crippen molar-refractivity contribution in [3.8, 4) is 0 Å². The Hall–Kier alpha value is -1.09. The average Bonchev–Trinajstić information content (AvgIpc) is 2.28. The predicted molar refractivity (Wildman–Crippen MR) is 67.6 cm³/mol. The Balaban J connectivity index is 2.19. The molecular weight excluding hydrogens is 198 g/mol. The lowest BCUT2D eigenvalue weighted by atomic mass is 9.92. The second kappa shape index (κ2) is 4.83. The van der Waals surface area contributed by atoms with Crippen LogP contribution in [0, 0.1) is 12.8 Å². The molecule has 0 radical (unpaired) electrons. The molecule has 2 atom stereocenters. The Morgan fingerprint density at radius 2 is 2.38 bits per heavy atom. The Morgan fingerprint density at radius 1 is 1.56 bits per heavy atom. The minimum absolute atomic E-state index is 0.491. The van der Waals surface area contributed by atoms with Gasteiger partial charge in [-0.1, -0.05) is 6.92 Å². The van der Waals surface area contributed by atoms with E-state index in [2.05, 4.69) is 28.9 Å². The highest BCUT2D eigenvalue weighted by molar-refractivity contribution is 5.48. The van der Waals surface area contributed by atoms with Crippen LogP contribution in [0.15, 0.2) is 18.3 Å². The van der Waals surface area contributed by atoms with Crippen LogP contribution >= 0.6 is 0 Å². The molecule has 2 N–H and O–H groups in total. The summed E-state index contributed by atoms with van der Waals surface area (Å²) in [5, 5.41) is 0. The summed E-state index contributed by atoms with van der Waals surface area (Å²) >= 11 is 0. The molecule has 2 heterocycles. The van der Waals surface area contributed by atoms with Crippen LogP contribution in [0.4, 0.5) is 5.69 Å². The smallest absolute Gasteiger partial charge is 0.0414 e. The molecule has 0 aliphatic carbocycles. The molecule has 0 amide bonds. The molecule has 1 aliphatic rings. The van der Waals surface area contributed by atoms with E-state index in [1.807, 2.05) is 13.1 Å². The van der Waals surface area contributed by atoms with Crippen LogP contribution in [-0.4, -0.2) is 24.1 Å². The summed E-state index contributed by atoms with van der Waals surface area (Å²) in [6.07, 6.45) is 4.35. The van der Waals surface area contributed by atoms with E-state index in [0.29, 0.717) is 6.04 Å². The van der Waals surface area contributed by atoms with Gasteiger partial charge in [0.1, 0.15) is 0 Å². The highest BCUT2D eigenvalue weighted by atomic mass is 15.2. The lowest BCUT2D eigenvalue weighted by Crippen LogP contribution is -2.46. The Kier molecular flexibility index (Phi) is 3.44. The number of hydrogen-bond donors (Lipinski definition) is 1. The largest absolute Gasteiger partial charge is 0.367 e. The zero-order chi connectivity index (χ0) is 11.5. The van der Waals surface area contributed by atoms with Gasteiger partial charge in [0.25, 0.3) is 0 Å². The molecule has 88 valence electrons. The third kappa shape index (κ3) is 2.35. The number of anilines is 1. The van der Waals surface area contributed by atoms with Gasteiger partial charge in [-0.15, -0.1) is 0 Å². The number of aromatic nitrogens is 1. The normalized spacial score (nSPS) is 25.8. The van der Waals surface area contributed by atoms with Gasteiger partial charge in [-0.2, -0.15) is 0 Å². The van der Waals surface area contributed by atoms with Gasteiger partial charge in [-0.25, -0.2) is 0 Å². The van der Waals surface area contributed by atoms with E-state index in [4.69, 9.17) is 5.73 Å². The summed E-state index contributed by atoms with van der Waals surface area (Å²) in [5.41, 5.74) is 8.22. The van der Waals surface area contributed by atoms with Crippen LogP contribution in [0.3, 0.4) is 0 Å². The number of pyridine rings is 1. The summed E-state index contributed by atoms with van der Waals surface area (Å²) in [4.78, 5) is 6.68. The first-order valence-corrected chi connectivity index (χ1v) is 6.10. The Bertz CT molecular complexity index is 351. The second-order valence-electron chi connectivity index (χ2n) is 4.87. The van der Waals surface area contributed by atoms with Crippen LogP contribution in [0.1, 0.15) is 25.5 Å². The fourth-order valence-electron chi connectivity index (χ4n) is 2.52. The van der Waals surface area contributed by atoms with Crippen molar-refractivity contribution >= 4 is 5.69 Å². The maximum absolute atomic E-state index is 5.87. The SMILES string of the molecule is Cc1cc(N2CCC(C)CC2CN)ccn1. The number of nitrogens with two attached hydrogens (primary N) is 1. The van der Waals surface area contributed by atoms with Gasteiger partial charge < -0.3 is 10.6 Å². The summed E-state index contributed by atoms with van der Waals surface area (Å²) in [6.45, 7) is 6.21. The summed E-state index contributed by atoms with van der Waals surface area (Å²) < 4.78 is 0. The molecular formula is C13H21N3. The van der Waals surface area contributed by atoms with Gasteiger partial charge in [0, 0.05) is 36.7 Å². The molecule has 1 fully saturated rings. The third-order valence-corrected chi connectivity index (χ3v) is 3.46. The molecule has 2 rings (SSSR count). The molecule has 2 unspecified atom stereocenters. The summed E-state index contributed by atoms with van der Waals surface area (Å²) in [7, 11) is 0. The Morgan fingerprint density at radius 3 is 3.06 bits per heavy atom. The van der Waals surface area contributed by atoms with Gasteiger partial charge in [0.15, 0.2) is 0 Å². The van der Waals surface area contributed by atoms with Crippen LogP contribution in [0.5, 0.6) is 0 Å². The molecule has 3 heteroatoms. The summed E-state index contributed by atoms with van der Waals surface area (Å²) in [6, 6.07) is 4.73. The fourth-order valence-corrected chi connectivity index (χ4v) is 2.52. The van der Waals surface area contributed by atoms with E-state index in [1.165, 1.54) is 18.5 Å². The summed E-state index contributed by atoms with van der Waals surface area (Å²) in [5.74, 6) is 0.799. The number of piperidine rings is 1. The van der Waals surface area contributed by atoms with Gasteiger partial charge in [-0.3, -0.25) is 4.98 Å². The molecule has 1 aromatic heterocycles. The Labute approximate surface area is 97.7 Å². The van der Waals surface area contributed by atoms with Crippen molar-refractivity contribution in [2.24, 2.45) is 11.7 Å². The van der Waals surface area contributed by atoms with E-state index in [1.54, 1.807) is 0 Å². The number of nitrogens with zero attached hydrogens (tertiary/aromatic N) is 2. The van der Waals surface area contributed by atoms with Crippen LogP contribution in [-0.2, 0) is 0 Å². The van der Waals surface area contributed by atoms with Gasteiger partial charge in [0.05, 0.1) is 0 Å². The van der Waals surface area contributed by atoms with E-state index in [-0.39, 0.29) is 0 Å². The first-order chi connectivity index (χ1) is 7.70. The fraction of sp³-hybridized carbons (Fsp3) is 0.615. The molecule has 1 aliphatic heterocycles. The van der Waals surface area contributed by atoms with Crippen LogP contribution in [0.2, 0.25) is 0 Å². The van der Waals surface area contributed by atoms with Gasteiger partial charge >= 0.3 is 0 Å². The van der Waals surface area contributed by atoms with Crippen molar-refractivity contribution in [2.75, 3.05) is 18.0 Å². The molecule has 1 aromatic rings. The molecule has 16 heavy (non-hydrogen) atoms. The van der Waals surface area contributed by atoms with Crippen molar-refractivity contribution in [3.63, 3.8) is 0 Å². The standard InChI is InChI=1S/C13H21N3/c1-10-4-6-16(13(7-10)9-14)12-3-5-15-11(2)8-12/h3,5,8,10,13H,4,6-7,9,14H2,1-2H3. The lowest BCUT2D eigenvalue weighted by Gasteiger charge is -2.39. The highest BCUT2D eigenvalue weighted by Gasteiger charge is 2.25. The van der Waals surface area contributed by atoms with Gasteiger partial charge in [-0.05, 0) is 37.8 Å². The second-order valence-corrected chi connectivity index (χ2v) is 4.87. The van der Waals surface area contributed by atoms with Crippen LogP contribution in [0.25, 0.3) is 0 Å². The first-order valence-electron chi connectivity index (χ1n) is 6.10. The van der Waals surface area contributed by atoms with E-state index >= 15 is 0 Å². The van der Waals surface area contributed by atoms with Crippen molar-refractivity contribution in [1.29, 1.82) is 0 Å². The quantitative estimate of drug-likeness (QED) is 0.826. The van der Waals surface area contributed by atoms with Crippen molar-refractivity contribution in [3.05, 3.63) is 24.0 Å². The van der Waals surface area contributed by atoms with E-state index < -0.39 is 0 Å². The zero-order valence-electron chi connectivity index (χ0n) is 10.2. The maximum atomic E-state index is 5.87. The minimum Gasteiger partial charge on any atom is -0.367 e. The molecule has 0 spiro atoms. The number of rotatable bonds is 2. The van der Waals surface area contributed by atoms with E-state index in [0.717, 1.165) is 24.7 Å². The molecule has 1 saturated heterocycles. The lowest BCUT2D eigenvalue weighted by molar-refractivity contribution is 0.366. The van der Waals surface area contributed by atoms with Crippen LogP contribution < -0.4 is 10.6 Å². The minimum atomic E-state index is 0.491. The monoisotopic (exact) mass is 219 g/mol. The topological polar surface area (TPSA) is 42.1 Å². The van der Waals surface area contributed by atoms with E-state index in [9.17, 15) is 0 Å².